The third-order valence-electron chi connectivity index (χ3n) is 2.26. The molecule has 0 saturated heterocycles. The molecule has 1 aliphatic rings. The average Bonchev–Trinajstić information content (AvgIpc) is 2.04. The normalized spacial score (nSPS) is 31.7. The van der Waals surface area contributed by atoms with Gasteiger partial charge in [-0.1, -0.05) is 13.0 Å². The van der Waals surface area contributed by atoms with E-state index in [1.165, 1.54) is 0 Å². The van der Waals surface area contributed by atoms with Gasteiger partial charge in [-0.15, -0.1) is 0 Å². The van der Waals surface area contributed by atoms with Crippen molar-refractivity contribution in [1.29, 1.82) is 0 Å². The van der Waals surface area contributed by atoms with Gasteiger partial charge < -0.3 is 4.74 Å². The van der Waals surface area contributed by atoms with Crippen LogP contribution in [0.3, 0.4) is 0 Å². The van der Waals surface area contributed by atoms with Gasteiger partial charge in [0, 0.05) is 13.5 Å². The second-order valence-corrected chi connectivity index (χ2v) is 2.93. The maximum atomic E-state index is 13.1. The Hall–Kier alpha value is -0.370. The lowest BCUT2D eigenvalue weighted by molar-refractivity contribution is 0.0728. The van der Waals surface area contributed by atoms with Gasteiger partial charge in [0.25, 0.3) is 0 Å². The van der Waals surface area contributed by atoms with E-state index in [9.17, 15) is 4.39 Å². The molecule has 1 unspecified atom stereocenters. The lowest BCUT2D eigenvalue weighted by Gasteiger charge is -2.23. The molecule has 1 aliphatic carbocycles. The third kappa shape index (κ3) is 2.03. The van der Waals surface area contributed by atoms with Crippen LogP contribution in [0, 0.1) is 0 Å². The van der Waals surface area contributed by atoms with Crippen LogP contribution in [-0.4, -0.2) is 19.4 Å². The molecule has 0 heterocycles. The van der Waals surface area contributed by atoms with Crippen molar-refractivity contribution in [1.82, 2.24) is 0 Å². The Balaban J connectivity index is 2.53. The van der Waals surface area contributed by atoms with Crippen LogP contribution in [0.4, 0.5) is 4.39 Å². The molecule has 0 fully saturated rings. The second-order valence-electron chi connectivity index (χ2n) is 2.93. The van der Waals surface area contributed by atoms with Crippen molar-refractivity contribution >= 4 is 0 Å². The van der Waals surface area contributed by atoms with Crippen molar-refractivity contribution in [3.63, 3.8) is 0 Å². The van der Waals surface area contributed by atoms with Gasteiger partial charge in [-0.3, -0.25) is 0 Å². The minimum absolute atomic E-state index is 0.0975. The predicted octanol–water partition coefficient (Wildman–Crippen LogP) is 2.47. The van der Waals surface area contributed by atoms with Gasteiger partial charge in [-0.25, -0.2) is 4.39 Å². The van der Waals surface area contributed by atoms with Crippen molar-refractivity contribution in [3.05, 3.63) is 11.6 Å². The first-order chi connectivity index (χ1) is 5.27. The van der Waals surface area contributed by atoms with Crippen LogP contribution in [0.15, 0.2) is 11.6 Å². The molecule has 2 atom stereocenters. The minimum Gasteiger partial charge on any atom is -0.381 e. The summed E-state index contributed by atoms with van der Waals surface area (Å²) in [5.41, 5.74) is 0.943. The largest absolute Gasteiger partial charge is 0.381 e. The maximum Gasteiger partial charge on any atom is 0.124 e. The topological polar surface area (TPSA) is 9.23 Å². The van der Waals surface area contributed by atoms with E-state index in [0.29, 0.717) is 6.42 Å². The molecule has 0 bridgehead atoms. The number of allylic oxidation sites excluding steroid dienone is 1. The van der Waals surface area contributed by atoms with Crippen molar-refractivity contribution < 1.29 is 9.13 Å². The van der Waals surface area contributed by atoms with Crippen molar-refractivity contribution in [2.75, 3.05) is 7.11 Å². The summed E-state index contributed by atoms with van der Waals surface area (Å²) in [5.74, 6) is 0. The standard InChI is InChI=1S/C9H15FO/c1-3-7-4-5-8(11-2)6-9(7)10/h4,8-9H,3,5-6H2,1-2H3/t8-,9?/m0/s1. The molecule has 0 aromatic heterocycles. The van der Waals surface area contributed by atoms with Crippen LogP contribution >= 0.6 is 0 Å². The Morgan fingerprint density at radius 3 is 2.91 bits per heavy atom. The highest BCUT2D eigenvalue weighted by Crippen LogP contribution is 2.25. The molecule has 0 radical (unpaired) electrons. The zero-order chi connectivity index (χ0) is 8.27. The number of rotatable bonds is 2. The highest BCUT2D eigenvalue weighted by Gasteiger charge is 2.22. The van der Waals surface area contributed by atoms with Gasteiger partial charge in [0.05, 0.1) is 6.10 Å². The summed E-state index contributed by atoms with van der Waals surface area (Å²) in [6.07, 6.45) is 3.55. The molecular weight excluding hydrogens is 143 g/mol. The summed E-state index contributed by atoms with van der Waals surface area (Å²) in [6.45, 7) is 1.99. The molecule has 0 spiro atoms. The first kappa shape index (κ1) is 8.72. The van der Waals surface area contributed by atoms with Gasteiger partial charge in [0.2, 0.25) is 0 Å². The number of hydrogen-bond acceptors (Lipinski definition) is 1. The van der Waals surface area contributed by atoms with Crippen LogP contribution < -0.4 is 0 Å². The molecule has 0 aromatic rings. The zero-order valence-corrected chi connectivity index (χ0v) is 7.14. The Labute approximate surface area is 67.2 Å². The Kier molecular flexibility index (Phi) is 3.06. The Morgan fingerprint density at radius 2 is 2.45 bits per heavy atom. The smallest absolute Gasteiger partial charge is 0.124 e. The van der Waals surface area contributed by atoms with Crippen molar-refractivity contribution in [2.24, 2.45) is 0 Å². The summed E-state index contributed by atoms with van der Waals surface area (Å²) < 4.78 is 18.2. The fourth-order valence-corrected chi connectivity index (χ4v) is 1.45. The van der Waals surface area contributed by atoms with Gasteiger partial charge in [0.1, 0.15) is 6.17 Å². The van der Waals surface area contributed by atoms with Crippen LogP contribution in [0.5, 0.6) is 0 Å². The van der Waals surface area contributed by atoms with Crippen molar-refractivity contribution in [3.8, 4) is 0 Å². The summed E-state index contributed by atoms with van der Waals surface area (Å²) in [5, 5.41) is 0. The summed E-state index contributed by atoms with van der Waals surface area (Å²) in [7, 11) is 1.64. The fraction of sp³-hybridized carbons (Fsp3) is 0.778. The van der Waals surface area contributed by atoms with E-state index < -0.39 is 6.17 Å². The van der Waals surface area contributed by atoms with Crippen LogP contribution in [0.25, 0.3) is 0 Å². The molecule has 0 N–H and O–H groups in total. The fourth-order valence-electron chi connectivity index (χ4n) is 1.45. The Morgan fingerprint density at radius 1 is 1.73 bits per heavy atom. The van der Waals surface area contributed by atoms with Gasteiger partial charge >= 0.3 is 0 Å². The van der Waals surface area contributed by atoms with Gasteiger partial charge in [-0.2, -0.15) is 0 Å². The monoisotopic (exact) mass is 158 g/mol. The minimum atomic E-state index is -0.765. The van der Waals surface area contributed by atoms with E-state index in [4.69, 9.17) is 4.74 Å². The molecule has 0 aliphatic heterocycles. The molecule has 0 aromatic carbocycles. The number of hydrogen-bond donors (Lipinski definition) is 0. The molecule has 11 heavy (non-hydrogen) atoms. The van der Waals surface area contributed by atoms with Crippen molar-refractivity contribution in [2.45, 2.75) is 38.5 Å². The molecule has 1 nitrogen and oxygen atoms in total. The van der Waals surface area contributed by atoms with Crippen LogP contribution in [0.1, 0.15) is 26.2 Å². The number of methoxy groups -OCH3 is 1. The quantitative estimate of drug-likeness (QED) is 0.561. The molecule has 0 amide bonds. The predicted molar refractivity (Wildman–Crippen MR) is 43.3 cm³/mol. The molecular formula is C9H15FO. The third-order valence-corrected chi connectivity index (χ3v) is 2.26. The van der Waals surface area contributed by atoms with Crippen LogP contribution in [-0.2, 0) is 4.74 Å². The Bertz CT molecular complexity index is 154. The number of halogens is 1. The van der Waals surface area contributed by atoms with Crippen LogP contribution in [0.2, 0.25) is 0 Å². The summed E-state index contributed by atoms with van der Waals surface area (Å²) >= 11 is 0. The average molecular weight is 158 g/mol. The highest BCUT2D eigenvalue weighted by molar-refractivity contribution is 5.12. The second kappa shape index (κ2) is 3.86. The van der Waals surface area contributed by atoms with Gasteiger partial charge in [0.15, 0.2) is 0 Å². The van der Waals surface area contributed by atoms with E-state index in [1.54, 1.807) is 7.11 Å². The number of alkyl halides is 1. The molecule has 64 valence electrons. The molecule has 0 saturated carbocycles. The first-order valence-electron chi connectivity index (χ1n) is 4.13. The van der Waals surface area contributed by atoms with Gasteiger partial charge in [-0.05, 0) is 18.4 Å². The zero-order valence-electron chi connectivity index (χ0n) is 7.14. The highest BCUT2D eigenvalue weighted by atomic mass is 19.1. The lowest BCUT2D eigenvalue weighted by Crippen LogP contribution is -2.22. The SMILES string of the molecule is CCC1=CC[C@H](OC)CC1F. The van der Waals surface area contributed by atoms with E-state index in [0.717, 1.165) is 18.4 Å². The van der Waals surface area contributed by atoms with E-state index in [1.807, 2.05) is 13.0 Å². The van der Waals surface area contributed by atoms with E-state index in [-0.39, 0.29) is 6.10 Å². The number of ether oxygens (including phenoxy) is 1. The maximum absolute atomic E-state index is 13.1. The van der Waals surface area contributed by atoms with E-state index in [2.05, 4.69) is 0 Å². The van der Waals surface area contributed by atoms with E-state index >= 15 is 0 Å². The summed E-state index contributed by atoms with van der Waals surface area (Å²) in [6, 6.07) is 0. The first-order valence-corrected chi connectivity index (χ1v) is 4.13. The summed E-state index contributed by atoms with van der Waals surface area (Å²) in [4.78, 5) is 0. The molecule has 2 heteroatoms. The lowest BCUT2D eigenvalue weighted by atomic mass is 9.94. The molecule has 1 rings (SSSR count).